The average Bonchev–Trinajstić information content (AvgIpc) is 3.53. The maximum Gasteiger partial charge on any atom is 0.573 e. The van der Waals surface area contributed by atoms with Crippen LogP contribution in [-0.2, 0) is 17.4 Å². The molecule has 0 N–H and O–H groups in total. The Hall–Kier alpha value is -3.22. The van der Waals surface area contributed by atoms with Crippen LogP contribution in [0.4, 0.5) is 24.1 Å². The number of hydrogen-bond acceptors (Lipinski definition) is 6. The fraction of sp³-hybridized carbons (Fsp3) is 0.308. The molecular formula is C26H26F3N5O2S2. The standard InChI is InChI=1S/C26H26F3N5O2S2/c1-4-21-24(34-15-19(7-10-23(34)30-21)17-11-13-33(14-12-17)38(3)35)32(2)25-31-22(16-37-25)18-5-8-20(9-6-18)36-26(27,28)29/h5-11,15-16H,4,12-14H2,1-3H3. The van der Waals surface area contributed by atoms with Gasteiger partial charge in [0.25, 0.3) is 0 Å². The predicted octanol–water partition coefficient (Wildman–Crippen LogP) is 6.07. The molecule has 0 fully saturated rings. The first-order chi connectivity index (χ1) is 18.1. The molecule has 0 aliphatic carbocycles. The third-order valence-electron chi connectivity index (χ3n) is 6.38. The number of fused-ring (bicyclic) bond motifs is 1. The summed E-state index contributed by atoms with van der Waals surface area (Å²) >= 11 is 1.44. The maximum atomic E-state index is 12.5. The number of alkyl halides is 3. The second kappa shape index (κ2) is 10.5. The van der Waals surface area contributed by atoms with Crippen molar-refractivity contribution in [3.05, 3.63) is 65.3 Å². The Labute approximate surface area is 224 Å². The molecule has 4 aromatic rings. The van der Waals surface area contributed by atoms with Crippen molar-refractivity contribution in [2.75, 3.05) is 31.3 Å². The topological polar surface area (TPSA) is 63.0 Å². The molecule has 7 nitrogen and oxygen atoms in total. The van der Waals surface area contributed by atoms with Crippen LogP contribution in [0.3, 0.4) is 0 Å². The van der Waals surface area contributed by atoms with Gasteiger partial charge in [-0.3, -0.25) is 4.40 Å². The maximum absolute atomic E-state index is 12.5. The fourth-order valence-electron chi connectivity index (χ4n) is 4.48. The summed E-state index contributed by atoms with van der Waals surface area (Å²) in [6.45, 7) is 3.45. The molecule has 1 atom stereocenters. The highest BCUT2D eigenvalue weighted by Crippen LogP contribution is 2.35. The summed E-state index contributed by atoms with van der Waals surface area (Å²) in [4.78, 5) is 11.6. The van der Waals surface area contributed by atoms with Crippen molar-refractivity contribution < 1.29 is 22.1 Å². The molecule has 1 unspecified atom stereocenters. The number of anilines is 2. The highest BCUT2D eigenvalue weighted by Gasteiger charge is 2.31. The molecule has 12 heteroatoms. The number of ether oxygens (including phenoxy) is 1. The third-order valence-corrected chi connectivity index (χ3v) is 8.36. The largest absolute Gasteiger partial charge is 0.573 e. The molecule has 0 saturated heterocycles. The zero-order chi connectivity index (χ0) is 27.0. The number of halogens is 3. The van der Waals surface area contributed by atoms with Crippen LogP contribution in [0.2, 0.25) is 0 Å². The van der Waals surface area contributed by atoms with E-state index in [1.165, 1.54) is 29.0 Å². The number of thiazole rings is 1. The second-order valence-corrected chi connectivity index (χ2v) is 11.0. The minimum absolute atomic E-state index is 0.272. The normalized spacial score (nSPS) is 15.5. The molecule has 0 saturated carbocycles. The Kier molecular flexibility index (Phi) is 7.30. The molecule has 5 rings (SSSR count). The molecule has 0 bridgehead atoms. The molecule has 0 spiro atoms. The van der Waals surface area contributed by atoms with Crippen LogP contribution in [0.5, 0.6) is 5.75 Å². The first-order valence-electron chi connectivity index (χ1n) is 12.0. The minimum atomic E-state index is -4.73. The van der Waals surface area contributed by atoms with Gasteiger partial charge in [-0.2, -0.15) is 0 Å². The summed E-state index contributed by atoms with van der Waals surface area (Å²) < 4.78 is 57.2. The highest BCUT2D eigenvalue weighted by atomic mass is 32.2. The summed E-state index contributed by atoms with van der Waals surface area (Å²) in [7, 11) is 0.955. The molecule has 0 radical (unpaired) electrons. The molecule has 1 aromatic carbocycles. The lowest BCUT2D eigenvalue weighted by atomic mass is 10.0. The van der Waals surface area contributed by atoms with E-state index >= 15 is 0 Å². The molecule has 200 valence electrons. The number of benzene rings is 1. The van der Waals surface area contributed by atoms with Gasteiger partial charge in [-0.25, -0.2) is 18.5 Å². The SMILES string of the molecule is CCc1nc2ccc(C3=CCN(S(C)=O)CC3)cn2c1N(C)c1nc(-c2ccc(OC(F)(F)F)cc2)cs1. The summed E-state index contributed by atoms with van der Waals surface area (Å²) in [5, 5.41) is 2.61. The van der Waals surface area contributed by atoms with E-state index in [9.17, 15) is 17.4 Å². The second-order valence-electron chi connectivity index (χ2n) is 8.82. The van der Waals surface area contributed by atoms with Crippen molar-refractivity contribution >= 4 is 44.5 Å². The average molecular weight is 562 g/mol. The number of pyridine rings is 1. The lowest BCUT2D eigenvalue weighted by Crippen LogP contribution is -2.29. The van der Waals surface area contributed by atoms with Crippen molar-refractivity contribution in [1.82, 2.24) is 18.7 Å². The van der Waals surface area contributed by atoms with Crippen molar-refractivity contribution in [3.8, 4) is 17.0 Å². The quantitative estimate of drug-likeness (QED) is 0.274. The number of hydrogen-bond donors (Lipinski definition) is 0. The monoisotopic (exact) mass is 561 g/mol. The van der Waals surface area contributed by atoms with Crippen molar-refractivity contribution in [3.63, 3.8) is 0 Å². The van der Waals surface area contributed by atoms with Crippen LogP contribution < -0.4 is 9.64 Å². The van der Waals surface area contributed by atoms with Gasteiger partial charge in [-0.1, -0.05) is 13.0 Å². The smallest absolute Gasteiger partial charge is 0.406 e. The molecule has 4 heterocycles. The Bertz CT molecular complexity index is 1510. The van der Waals surface area contributed by atoms with Crippen molar-refractivity contribution in [2.45, 2.75) is 26.1 Å². The highest BCUT2D eigenvalue weighted by molar-refractivity contribution is 7.81. The van der Waals surface area contributed by atoms with Crippen LogP contribution in [0.25, 0.3) is 22.5 Å². The number of rotatable bonds is 7. The molecule has 1 aliphatic rings. The molecule has 3 aromatic heterocycles. The van der Waals surface area contributed by atoms with Gasteiger partial charge in [-0.05, 0) is 60.4 Å². The van der Waals surface area contributed by atoms with E-state index < -0.39 is 17.3 Å². The lowest BCUT2D eigenvalue weighted by Gasteiger charge is -2.24. The summed E-state index contributed by atoms with van der Waals surface area (Å²) in [5.41, 5.74) is 5.42. The number of imidazole rings is 1. The van der Waals surface area contributed by atoms with Gasteiger partial charge in [0.2, 0.25) is 0 Å². The molecule has 38 heavy (non-hydrogen) atoms. The molecular weight excluding hydrogens is 535 g/mol. The van der Waals surface area contributed by atoms with E-state index in [0.29, 0.717) is 17.8 Å². The molecule has 1 aliphatic heterocycles. The predicted molar refractivity (Wildman–Crippen MR) is 145 cm³/mol. The Morgan fingerprint density at radius 3 is 2.50 bits per heavy atom. The van der Waals surface area contributed by atoms with Gasteiger partial charge in [0, 0.05) is 43.5 Å². The van der Waals surface area contributed by atoms with Crippen LogP contribution in [0.15, 0.2) is 54.1 Å². The van der Waals surface area contributed by atoms with Crippen LogP contribution in [0, 0.1) is 0 Å². The van der Waals surface area contributed by atoms with E-state index in [1.807, 2.05) is 27.7 Å². The minimum Gasteiger partial charge on any atom is -0.406 e. The zero-order valence-corrected chi connectivity index (χ0v) is 22.7. The van der Waals surface area contributed by atoms with Gasteiger partial charge in [0.1, 0.15) is 17.2 Å². The number of aromatic nitrogens is 3. The van der Waals surface area contributed by atoms with E-state index in [4.69, 9.17) is 9.97 Å². The summed E-state index contributed by atoms with van der Waals surface area (Å²) in [6.07, 6.45) is 2.74. The first-order valence-corrected chi connectivity index (χ1v) is 14.4. The summed E-state index contributed by atoms with van der Waals surface area (Å²) in [6, 6.07) is 9.77. The van der Waals surface area contributed by atoms with E-state index in [1.54, 1.807) is 18.4 Å². The lowest BCUT2D eigenvalue weighted by molar-refractivity contribution is -0.274. The van der Waals surface area contributed by atoms with E-state index in [2.05, 4.69) is 34.4 Å². The van der Waals surface area contributed by atoms with Gasteiger partial charge >= 0.3 is 6.36 Å². The molecule has 0 amide bonds. The number of nitrogens with zero attached hydrogens (tertiary/aromatic N) is 5. The van der Waals surface area contributed by atoms with Gasteiger partial charge in [0.15, 0.2) is 5.13 Å². The zero-order valence-electron chi connectivity index (χ0n) is 21.0. The van der Waals surface area contributed by atoms with E-state index in [0.717, 1.165) is 47.2 Å². The van der Waals surface area contributed by atoms with Gasteiger partial charge < -0.3 is 9.64 Å². The van der Waals surface area contributed by atoms with Gasteiger partial charge in [0.05, 0.1) is 22.4 Å². The summed E-state index contributed by atoms with van der Waals surface area (Å²) in [5.74, 6) is 0.638. The van der Waals surface area contributed by atoms with Gasteiger partial charge in [-0.15, -0.1) is 24.5 Å². The van der Waals surface area contributed by atoms with Crippen molar-refractivity contribution in [1.29, 1.82) is 0 Å². The van der Waals surface area contributed by atoms with E-state index in [-0.39, 0.29) is 5.75 Å². The van der Waals surface area contributed by atoms with Crippen LogP contribution in [-0.4, -0.2) is 55.6 Å². The van der Waals surface area contributed by atoms with Crippen molar-refractivity contribution in [2.24, 2.45) is 0 Å². The Morgan fingerprint density at radius 1 is 1.13 bits per heavy atom. The van der Waals surface area contributed by atoms with Crippen LogP contribution in [0.1, 0.15) is 24.6 Å². The Morgan fingerprint density at radius 2 is 1.87 bits per heavy atom. The number of aryl methyl sites for hydroxylation is 1. The third kappa shape index (κ3) is 5.47. The fourth-order valence-corrected chi connectivity index (χ4v) is 5.91. The Balaban J connectivity index is 1.44. The first kappa shape index (κ1) is 26.4. The van der Waals surface area contributed by atoms with Crippen LogP contribution >= 0.6 is 11.3 Å².